The number of carbonyl (C=O) groups is 2. The number of H-pyrrole nitrogens is 1. The Morgan fingerprint density at radius 3 is 2.72 bits per heavy atom. The third kappa shape index (κ3) is 4.28. The van der Waals surface area contributed by atoms with Gasteiger partial charge >= 0.3 is 0 Å². The molecule has 36 heavy (non-hydrogen) atoms. The van der Waals surface area contributed by atoms with Crippen molar-refractivity contribution in [1.29, 1.82) is 0 Å². The second-order valence-electron chi connectivity index (χ2n) is 8.81. The summed E-state index contributed by atoms with van der Waals surface area (Å²) in [5.74, 6) is -0.471. The van der Waals surface area contributed by atoms with Crippen LogP contribution in [0, 0.1) is 0 Å². The molecule has 1 saturated heterocycles. The highest BCUT2D eigenvalue weighted by molar-refractivity contribution is 7.89. The zero-order valence-electron chi connectivity index (χ0n) is 20.0. The fraction of sp³-hybridized carbons (Fsp3) is 0.269. The summed E-state index contributed by atoms with van der Waals surface area (Å²) in [6, 6.07) is 14.6. The van der Waals surface area contributed by atoms with Crippen molar-refractivity contribution in [2.75, 3.05) is 20.2 Å². The second-order valence-corrected chi connectivity index (χ2v) is 10.6. The number of aromatic amines is 1. The van der Waals surface area contributed by atoms with Crippen molar-refractivity contribution in [3.05, 3.63) is 66.5 Å². The first-order valence-corrected chi connectivity index (χ1v) is 13.1. The van der Waals surface area contributed by atoms with E-state index in [0.29, 0.717) is 30.6 Å². The maximum absolute atomic E-state index is 13.6. The van der Waals surface area contributed by atoms with Gasteiger partial charge in [0.25, 0.3) is 10.0 Å². The van der Waals surface area contributed by atoms with Gasteiger partial charge in [-0.25, -0.2) is 12.7 Å². The van der Waals surface area contributed by atoms with Crippen LogP contribution in [0.25, 0.3) is 21.8 Å². The van der Waals surface area contributed by atoms with Crippen LogP contribution in [0.2, 0.25) is 0 Å². The summed E-state index contributed by atoms with van der Waals surface area (Å²) in [6.45, 7) is 1.95. The zero-order chi connectivity index (χ0) is 25.4. The zero-order valence-corrected chi connectivity index (χ0v) is 20.8. The van der Waals surface area contributed by atoms with Gasteiger partial charge in [0.2, 0.25) is 11.8 Å². The Morgan fingerprint density at radius 2 is 1.97 bits per heavy atom. The molecule has 0 saturated carbocycles. The number of ether oxygens (including phenoxy) is 1. The van der Waals surface area contributed by atoms with E-state index in [-0.39, 0.29) is 17.2 Å². The quantitative estimate of drug-likeness (QED) is 0.412. The molecule has 0 aliphatic carbocycles. The number of carbonyl (C=O) groups excluding carboxylic acids is 2. The summed E-state index contributed by atoms with van der Waals surface area (Å²) in [7, 11) is -2.72. The maximum atomic E-state index is 13.6. The van der Waals surface area contributed by atoms with Crippen molar-refractivity contribution >= 4 is 43.6 Å². The van der Waals surface area contributed by atoms with Gasteiger partial charge in [-0.2, -0.15) is 0 Å². The number of likely N-dealkylation sites (tertiary alicyclic amines) is 1. The number of aromatic nitrogens is 2. The number of hydrogen-bond acceptors (Lipinski definition) is 6. The molecule has 1 aliphatic heterocycles. The number of methoxy groups -OCH3 is 1. The largest absolute Gasteiger partial charge is 0.497 e. The van der Waals surface area contributed by atoms with Crippen molar-refractivity contribution in [2.24, 2.45) is 0 Å². The van der Waals surface area contributed by atoms with E-state index in [1.54, 1.807) is 29.3 Å². The van der Waals surface area contributed by atoms with Gasteiger partial charge in [0.1, 0.15) is 11.8 Å². The van der Waals surface area contributed by atoms with Crippen LogP contribution < -0.4 is 4.74 Å². The molecule has 0 spiro atoms. The van der Waals surface area contributed by atoms with Crippen molar-refractivity contribution in [3.8, 4) is 5.75 Å². The number of sulfonamides is 1. The molecular formula is C26H26N4O5S. The number of amides is 2. The van der Waals surface area contributed by atoms with Crippen LogP contribution in [0.5, 0.6) is 5.75 Å². The summed E-state index contributed by atoms with van der Waals surface area (Å²) in [5, 5.41) is 1.49. The number of pyridine rings is 1. The third-order valence-corrected chi connectivity index (χ3v) is 8.41. The first kappa shape index (κ1) is 23.8. The van der Waals surface area contributed by atoms with Crippen LogP contribution in [0.4, 0.5) is 0 Å². The minimum Gasteiger partial charge on any atom is -0.497 e. The summed E-state index contributed by atoms with van der Waals surface area (Å²) >= 11 is 0. The number of benzene rings is 2. The molecule has 3 heterocycles. The van der Waals surface area contributed by atoms with Crippen LogP contribution in [-0.4, -0.2) is 65.6 Å². The predicted molar refractivity (Wildman–Crippen MR) is 135 cm³/mol. The van der Waals surface area contributed by atoms with E-state index in [2.05, 4.69) is 9.97 Å². The summed E-state index contributed by atoms with van der Waals surface area (Å²) in [6.07, 6.45) is 2.53. The minimum absolute atomic E-state index is 0.0460. The Labute approximate surface area is 208 Å². The highest BCUT2D eigenvalue weighted by Crippen LogP contribution is 2.29. The number of hydrogen-bond donors (Lipinski definition) is 1. The van der Waals surface area contributed by atoms with E-state index in [4.69, 9.17) is 4.74 Å². The lowest BCUT2D eigenvalue weighted by atomic mass is 10.1. The molecule has 1 atom stereocenters. The van der Waals surface area contributed by atoms with Gasteiger partial charge in [0.15, 0.2) is 0 Å². The van der Waals surface area contributed by atoms with Crippen molar-refractivity contribution in [1.82, 2.24) is 19.2 Å². The predicted octanol–water partition coefficient (Wildman–Crippen LogP) is 3.11. The first-order valence-electron chi connectivity index (χ1n) is 11.6. The molecule has 2 aromatic heterocycles. The fourth-order valence-electron chi connectivity index (χ4n) is 4.72. The fourth-order valence-corrected chi connectivity index (χ4v) is 6.34. The van der Waals surface area contributed by atoms with Crippen molar-refractivity contribution < 1.29 is 22.7 Å². The average molecular weight is 507 g/mol. The van der Waals surface area contributed by atoms with Crippen LogP contribution >= 0.6 is 0 Å². The molecule has 0 radical (unpaired) electrons. The van der Waals surface area contributed by atoms with Gasteiger partial charge in [0, 0.05) is 38.3 Å². The monoisotopic (exact) mass is 506 g/mol. The molecule has 2 aromatic carbocycles. The van der Waals surface area contributed by atoms with Crippen LogP contribution in [0.1, 0.15) is 19.0 Å². The lowest BCUT2D eigenvalue weighted by Gasteiger charge is -2.26. The van der Waals surface area contributed by atoms with Crippen LogP contribution in [0.15, 0.2) is 65.7 Å². The number of nitrogens with zero attached hydrogens (tertiary/aromatic N) is 3. The molecule has 1 fully saturated rings. The smallest absolute Gasteiger partial charge is 0.267 e. The van der Waals surface area contributed by atoms with E-state index >= 15 is 0 Å². The molecule has 1 aliphatic rings. The molecule has 1 N–H and O–H groups in total. The van der Waals surface area contributed by atoms with Crippen LogP contribution in [0.3, 0.4) is 0 Å². The van der Waals surface area contributed by atoms with Gasteiger partial charge < -0.3 is 14.6 Å². The third-order valence-electron chi connectivity index (χ3n) is 6.53. The second kappa shape index (κ2) is 9.27. The molecule has 0 unspecified atom stereocenters. The lowest BCUT2D eigenvalue weighted by Crippen LogP contribution is -2.47. The van der Waals surface area contributed by atoms with E-state index in [1.165, 1.54) is 26.2 Å². The molecule has 5 rings (SSSR count). The Balaban J connectivity index is 1.37. The van der Waals surface area contributed by atoms with Crippen molar-refractivity contribution in [3.63, 3.8) is 0 Å². The Hall–Kier alpha value is -3.92. The Morgan fingerprint density at radius 1 is 1.17 bits per heavy atom. The maximum Gasteiger partial charge on any atom is 0.267 e. The van der Waals surface area contributed by atoms with Gasteiger partial charge in [-0.15, -0.1) is 0 Å². The number of fused-ring (bicyclic) bond motifs is 2. The molecule has 2 amide bonds. The standard InChI is InChI=1S/C26H26N4O5S/c1-17(31)30(36(33,34)22-8-6-18-5-7-21(35-2)14-19(18)15-22)25-10-13-29(26(25)32)12-9-20-16-24-23(28-20)4-3-11-27-24/h3-8,11,14-16,25,28H,9-10,12-13H2,1-2H3/t25-/m0/s1. The van der Waals surface area contributed by atoms with Crippen LogP contribution in [-0.2, 0) is 26.0 Å². The normalized spacial score (nSPS) is 16.1. The topological polar surface area (TPSA) is 113 Å². The molecule has 186 valence electrons. The highest BCUT2D eigenvalue weighted by atomic mass is 32.2. The highest BCUT2D eigenvalue weighted by Gasteiger charge is 2.43. The summed E-state index contributed by atoms with van der Waals surface area (Å²) in [5.41, 5.74) is 2.70. The van der Waals surface area contributed by atoms with Gasteiger partial charge in [-0.05, 0) is 59.7 Å². The molecule has 10 heteroatoms. The van der Waals surface area contributed by atoms with Gasteiger partial charge in [0.05, 0.1) is 23.0 Å². The van der Waals surface area contributed by atoms with E-state index in [0.717, 1.165) is 26.4 Å². The van der Waals surface area contributed by atoms with Gasteiger partial charge in [-0.3, -0.25) is 14.6 Å². The van der Waals surface area contributed by atoms with E-state index < -0.39 is 22.0 Å². The minimum atomic E-state index is -4.25. The summed E-state index contributed by atoms with van der Waals surface area (Å²) < 4.78 is 33.1. The SMILES string of the molecule is COc1ccc2ccc(S(=O)(=O)N(C(C)=O)[C@H]3CCN(CCc4cc5ncccc5[nH]4)C3=O)cc2c1. The molecular weight excluding hydrogens is 480 g/mol. The Kier molecular flexibility index (Phi) is 6.13. The first-order chi connectivity index (χ1) is 17.3. The van der Waals surface area contributed by atoms with E-state index in [1.807, 2.05) is 24.3 Å². The van der Waals surface area contributed by atoms with Gasteiger partial charge in [-0.1, -0.05) is 12.1 Å². The molecule has 0 bridgehead atoms. The molecule has 9 nitrogen and oxygen atoms in total. The van der Waals surface area contributed by atoms with E-state index in [9.17, 15) is 18.0 Å². The lowest BCUT2D eigenvalue weighted by molar-refractivity contribution is -0.136. The Bertz CT molecular complexity index is 1550. The number of rotatable bonds is 7. The average Bonchev–Trinajstić information content (AvgIpc) is 3.44. The summed E-state index contributed by atoms with van der Waals surface area (Å²) in [4.78, 5) is 35.0. The molecule has 4 aromatic rings. The number of nitrogens with one attached hydrogen (secondary N) is 1. The van der Waals surface area contributed by atoms with Crippen molar-refractivity contribution in [2.45, 2.75) is 30.7 Å².